The lowest BCUT2D eigenvalue weighted by Crippen LogP contribution is -2.53. The van der Waals surface area contributed by atoms with Gasteiger partial charge in [-0.1, -0.05) is 17.7 Å². The maximum atomic E-state index is 12.8. The summed E-state index contributed by atoms with van der Waals surface area (Å²) in [4.78, 5) is 29.0. The number of hydrogen-bond acceptors (Lipinski definition) is 7. The number of carbonyl (C=O) groups excluding carboxylic acids is 1. The Morgan fingerprint density at radius 2 is 2.10 bits per heavy atom. The maximum absolute atomic E-state index is 12.8. The average molecular weight is 442 g/mol. The molecule has 2 aromatic heterocycles. The predicted octanol–water partition coefficient (Wildman–Crippen LogP) is 2.75. The highest BCUT2D eigenvalue weighted by molar-refractivity contribution is 6.29. The van der Waals surface area contributed by atoms with Crippen LogP contribution in [0.3, 0.4) is 0 Å². The third kappa shape index (κ3) is 4.51. The van der Waals surface area contributed by atoms with Crippen LogP contribution in [0.1, 0.15) is 16.8 Å². The first-order valence-corrected chi connectivity index (χ1v) is 10.9. The van der Waals surface area contributed by atoms with Crippen LogP contribution in [0.5, 0.6) is 0 Å². The smallest absolute Gasteiger partial charge is 0.338 e. The molecule has 9 heteroatoms. The Balaban J connectivity index is 1.21. The van der Waals surface area contributed by atoms with E-state index in [0.29, 0.717) is 23.9 Å². The fourth-order valence-electron chi connectivity index (χ4n) is 4.03. The molecule has 0 spiro atoms. The van der Waals surface area contributed by atoms with Crippen molar-refractivity contribution in [2.45, 2.75) is 18.6 Å². The van der Waals surface area contributed by atoms with Crippen molar-refractivity contribution < 1.29 is 14.3 Å². The second-order valence-corrected chi connectivity index (χ2v) is 8.27. The summed E-state index contributed by atoms with van der Waals surface area (Å²) in [5, 5.41) is 0.502. The number of imidazole rings is 1. The lowest BCUT2D eigenvalue weighted by Gasteiger charge is -2.40. The Morgan fingerprint density at radius 1 is 1.26 bits per heavy atom. The SMILES string of the molecule is O=C(OC(CN1CCN(c2cccc(Cl)n2)CC1)C1CCO1)c1ccc2nc[nH]c2c1. The Morgan fingerprint density at radius 3 is 2.84 bits per heavy atom. The number of esters is 1. The summed E-state index contributed by atoms with van der Waals surface area (Å²) in [6.45, 7) is 4.77. The lowest BCUT2D eigenvalue weighted by atomic mass is 10.1. The second kappa shape index (κ2) is 8.82. The van der Waals surface area contributed by atoms with Crippen molar-refractivity contribution in [2.24, 2.45) is 0 Å². The molecule has 2 atom stereocenters. The molecule has 3 aromatic rings. The van der Waals surface area contributed by atoms with E-state index in [9.17, 15) is 4.79 Å². The van der Waals surface area contributed by atoms with Crippen LogP contribution in [-0.2, 0) is 9.47 Å². The fourth-order valence-corrected chi connectivity index (χ4v) is 4.19. The summed E-state index contributed by atoms with van der Waals surface area (Å²) in [7, 11) is 0. The van der Waals surface area contributed by atoms with E-state index >= 15 is 0 Å². The number of piperazine rings is 1. The molecule has 0 radical (unpaired) electrons. The van der Waals surface area contributed by atoms with E-state index < -0.39 is 0 Å². The van der Waals surface area contributed by atoms with E-state index in [1.165, 1.54) is 0 Å². The number of halogens is 1. The molecule has 1 N–H and O–H groups in total. The van der Waals surface area contributed by atoms with Gasteiger partial charge >= 0.3 is 5.97 Å². The van der Waals surface area contributed by atoms with Gasteiger partial charge in [0.2, 0.25) is 0 Å². The summed E-state index contributed by atoms with van der Waals surface area (Å²) in [5.74, 6) is 0.561. The molecular weight excluding hydrogens is 418 g/mol. The zero-order chi connectivity index (χ0) is 21.2. The number of nitrogens with zero attached hydrogens (tertiary/aromatic N) is 4. The van der Waals surface area contributed by atoms with Crippen LogP contribution in [0.4, 0.5) is 5.82 Å². The Labute approximate surface area is 185 Å². The van der Waals surface area contributed by atoms with Gasteiger partial charge in [0.25, 0.3) is 0 Å². The minimum Gasteiger partial charge on any atom is -0.455 e. The monoisotopic (exact) mass is 441 g/mol. The summed E-state index contributed by atoms with van der Waals surface area (Å²) in [6.07, 6.45) is 2.18. The second-order valence-electron chi connectivity index (χ2n) is 7.88. The molecule has 0 saturated carbocycles. The van der Waals surface area contributed by atoms with Gasteiger partial charge in [-0.25, -0.2) is 14.8 Å². The van der Waals surface area contributed by atoms with Crippen LogP contribution in [0.2, 0.25) is 5.15 Å². The van der Waals surface area contributed by atoms with E-state index in [0.717, 1.165) is 49.5 Å². The molecule has 2 unspecified atom stereocenters. The lowest BCUT2D eigenvalue weighted by molar-refractivity contribution is -0.127. The highest BCUT2D eigenvalue weighted by Crippen LogP contribution is 2.22. The molecule has 2 fully saturated rings. The van der Waals surface area contributed by atoms with Crippen molar-refractivity contribution in [1.29, 1.82) is 0 Å². The van der Waals surface area contributed by atoms with Crippen molar-refractivity contribution in [1.82, 2.24) is 19.9 Å². The molecule has 0 amide bonds. The molecule has 2 aliphatic heterocycles. The van der Waals surface area contributed by atoms with E-state index in [1.807, 2.05) is 18.2 Å². The number of hydrogen-bond donors (Lipinski definition) is 1. The first-order chi connectivity index (χ1) is 15.2. The summed E-state index contributed by atoms with van der Waals surface area (Å²) >= 11 is 6.03. The third-order valence-electron chi connectivity index (χ3n) is 5.90. The molecule has 0 bridgehead atoms. The zero-order valence-corrected chi connectivity index (χ0v) is 17.8. The molecule has 5 rings (SSSR count). The molecule has 8 nitrogen and oxygen atoms in total. The molecular formula is C22H24ClN5O3. The number of anilines is 1. The van der Waals surface area contributed by atoms with Gasteiger partial charge in [-0.2, -0.15) is 0 Å². The van der Waals surface area contributed by atoms with Gasteiger partial charge in [0.1, 0.15) is 17.1 Å². The Bertz CT molecular complexity index is 1060. The number of carbonyl (C=O) groups is 1. The van der Waals surface area contributed by atoms with Gasteiger partial charge in [-0.15, -0.1) is 0 Å². The number of rotatable bonds is 6. The molecule has 4 heterocycles. The van der Waals surface area contributed by atoms with Gasteiger partial charge in [-0.05, 0) is 30.3 Å². The number of aromatic amines is 1. The fraction of sp³-hybridized carbons (Fsp3) is 0.409. The van der Waals surface area contributed by atoms with Crippen molar-refractivity contribution >= 4 is 34.4 Å². The van der Waals surface area contributed by atoms with Gasteiger partial charge in [-0.3, -0.25) is 4.90 Å². The largest absolute Gasteiger partial charge is 0.455 e. The normalized spacial score (nSPS) is 20.4. The molecule has 1 aromatic carbocycles. The first kappa shape index (κ1) is 20.2. The minimum absolute atomic E-state index is 0.0486. The average Bonchev–Trinajstić information content (AvgIpc) is 3.21. The number of aromatic nitrogens is 3. The highest BCUT2D eigenvalue weighted by atomic mass is 35.5. The number of nitrogens with one attached hydrogen (secondary N) is 1. The van der Waals surface area contributed by atoms with Crippen molar-refractivity contribution in [3.63, 3.8) is 0 Å². The van der Waals surface area contributed by atoms with Crippen LogP contribution in [0.25, 0.3) is 11.0 Å². The molecule has 162 valence electrons. The van der Waals surface area contributed by atoms with Crippen molar-refractivity contribution in [3.05, 3.63) is 53.4 Å². The summed E-state index contributed by atoms with van der Waals surface area (Å²) in [5.41, 5.74) is 2.15. The molecule has 2 saturated heterocycles. The van der Waals surface area contributed by atoms with Crippen LogP contribution in [0, 0.1) is 0 Å². The Hall–Kier alpha value is -2.68. The van der Waals surface area contributed by atoms with Gasteiger partial charge < -0.3 is 19.4 Å². The van der Waals surface area contributed by atoms with E-state index in [2.05, 4.69) is 24.8 Å². The highest BCUT2D eigenvalue weighted by Gasteiger charge is 2.34. The van der Waals surface area contributed by atoms with E-state index in [-0.39, 0.29) is 18.2 Å². The molecule has 2 aliphatic rings. The van der Waals surface area contributed by atoms with Crippen LogP contribution in [0.15, 0.2) is 42.7 Å². The third-order valence-corrected chi connectivity index (χ3v) is 6.11. The summed E-state index contributed by atoms with van der Waals surface area (Å²) < 4.78 is 11.6. The van der Waals surface area contributed by atoms with Crippen molar-refractivity contribution in [2.75, 3.05) is 44.2 Å². The topological polar surface area (TPSA) is 83.6 Å². The van der Waals surface area contributed by atoms with E-state index in [1.54, 1.807) is 24.5 Å². The van der Waals surface area contributed by atoms with Crippen molar-refractivity contribution in [3.8, 4) is 0 Å². The molecule has 31 heavy (non-hydrogen) atoms. The predicted molar refractivity (Wildman–Crippen MR) is 118 cm³/mol. The number of fused-ring (bicyclic) bond motifs is 1. The number of ether oxygens (including phenoxy) is 2. The maximum Gasteiger partial charge on any atom is 0.338 e. The quantitative estimate of drug-likeness (QED) is 0.465. The Kier molecular flexibility index (Phi) is 5.76. The zero-order valence-electron chi connectivity index (χ0n) is 17.0. The standard InChI is InChI=1S/C22H24ClN5O3/c23-20-2-1-3-21(26-20)28-9-7-27(8-10-28)13-19(18-6-11-30-18)31-22(29)15-4-5-16-17(12-15)25-14-24-16/h1-5,12,14,18-19H,6-11,13H2,(H,24,25). The summed E-state index contributed by atoms with van der Waals surface area (Å²) in [6, 6.07) is 11.0. The number of H-pyrrole nitrogens is 1. The minimum atomic E-state index is -0.334. The van der Waals surface area contributed by atoms with E-state index in [4.69, 9.17) is 21.1 Å². The van der Waals surface area contributed by atoms with Crippen LogP contribution >= 0.6 is 11.6 Å². The van der Waals surface area contributed by atoms with Crippen LogP contribution in [-0.4, -0.2) is 77.4 Å². The molecule has 0 aliphatic carbocycles. The number of benzene rings is 1. The van der Waals surface area contributed by atoms with Gasteiger partial charge in [0.15, 0.2) is 0 Å². The van der Waals surface area contributed by atoms with Gasteiger partial charge in [0, 0.05) is 45.8 Å². The first-order valence-electron chi connectivity index (χ1n) is 10.5. The van der Waals surface area contributed by atoms with Gasteiger partial charge in [0.05, 0.1) is 29.0 Å². The number of pyridine rings is 1. The van der Waals surface area contributed by atoms with Crippen LogP contribution < -0.4 is 4.90 Å².